The average Bonchev–Trinajstić information content (AvgIpc) is 2.79. The zero-order chi connectivity index (χ0) is 20.9. The van der Waals surface area contributed by atoms with Crippen molar-refractivity contribution in [2.75, 3.05) is 4.72 Å². The van der Waals surface area contributed by atoms with Gasteiger partial charge in [0.2, 0.25) is 5.95 Å². The van der Waals surface area contributed by atoms with Crippen LogP contribution in [0.3, 0.4) is 0 Å². The molecule has 0 saturated carbocycles. The van der Waals surface area contributed by atoms with Crippen molar-refractivity contribution in [3.8, 4) is 11.1 Å². The lowest BCUT2D eigenvalue weighted by molar-refractivity contribution is 0.103. The van der Waals surface area contributed by atoms with Crippen molar-refractivity contribution in [1.82, 2.24) is 9.97 Å². The fraction of sp³-hybridized carbons (Fsp3) is 0. The quantitative estimate of drug-likeness (QED) is 0.219. The van der Waals surface area contributed by atoms with E-state index in [0.717, 1.165) is 10.5 Å². The molecule has 4 aromatic rings. The Hall–Kier alpha value is -3.22. The van der Waals surface area contributed by atoms with Crippen molar-refractivity contribution in [1.29, 1.82) is 0 Å². The summed E-state index contributed by atoms with van der Waals surface area (Å²) in [4.78, 5) is 21.4. The van der Waals surface area contributed by atoms with E-state index in [0.29, 0.717) is 27.4 Å². The molecule has 4 nitrogen and oxygen atoms in total. The minimum Gasteiger partial charge on any atom is -0.325 e. The number of nitrogens with one attached hydrogen (secondary N) is 1. The Kier molecular flexibility index (Phi) is 6.07. The topological polar surface area (TPSA) is 54.9 Å². The van der Waals surface area contributed by atoms with E-state index in [4.69, 9.17) is 11.6 Å². The zero-order valence-corrected chi connectivity index (χ0v) is 17.1. The number of hydrogen-bond acceptors (Lipinski definition) is 5. The van der Waals surface area contributed by atoms with Gasteiger partial charge >= 0.3 is 0 Å². The molecule has 0 aliphatic rings. The van der Waals surface area contributed by atoms with E-state index in [1.807, 2.05) is 24.3 Å². The molecule has 0 unspecified atom stereocenters. The van der Waals surface area contributed by atoms with Gasteiger partial charge in [-0.25, -0.2) is 4.98 Å². The molecule has 0 saturated heterocycles. The predicted octanol–water partition coefficient (Wildman–Crippen LogP) is 6.29. The highest BCUT2D eigenvalue weighted by atomic mass is 35.5. The van der Waals surface area contributed by atoms with Gasteiger partial charge in [0.15, 0.2) is 5.78 Å². The summed E-state index contributed by atoms with van der Waals surface area (Å²) >= 11 is 7.47. The number of carbonyl (C=O) groups is 1. The molecule has 148 valence electrons. The number of aromatic nitrogens is 2. The van der Waals surface area contributed by atoms with Crippen LogP contribution in [0.2, 0.25) is 5.02 Å². The molecule has 0 fully saturated rings. The SMILES string of the molecule is O=C(c1ccncc1)c1cc(Cl)ccc1NSc1ccc(-c2cccnc2F)cc1. The minimum atomic E-state index is -0.503. The normalized spacial score (nSPS) is 10.6. The smallest absolute Gasteiger partial charge is 0.220 e. The molecule has 2 aromatic carbocycles. The first-order valence-corrected chi connectivity index (χ1v) is 10.2. The maximum atomic E-state index is 13.9. The first-order chi connectivity index (χ1) is 14.6. The van der Waals surface area contributed by atoms with E-state index >= 15 is 0 Å². The molecular weight excluding hydrogens is 421 g/mol. The minimum absolute atomic E-state index is 0.148. The Morgan fingerprint density at radius 1 is 0.967 bits per heavy atom. The molecule has 4 rings (SSSR count). The van der Waals surface area contributed by atoms with E-state index in [1.165, 1.54) is 18.1 Å². The summed E-state index contributed by atoms with van der Waals surface area (Å²) < 4.78 is 17.1. The van der Waals surface area contributed by atoms with Crippen molar-refractivity contribution in [3.63, 3.8) is 0 Å². The number of halogens is 2. The van der Waals surface area contributed by atoms with Gasteiger partial charge in [0, 0.05) is 45.2 Å². The Morgan fingerprint density at radius 2 is 1.73 bits per heavy atom. The molecule has 0 bridgehead atoms. The third-order valence-corrected chi connectivity index (χ3v) is 5.44. The summed E-state index contributed by atoms with van der Waals surface area (Å²) in [5, 5.41) is 0.478. The maximum absolute atomic E-state index is 13.9. The number of nitrogens with zero attached hydrogens (tertiary/aromatic N) is 2. The van der Waals surface area contributed by atoms with Crippen LogP contribution < -0.4 is 4.72 Å². The van der Waals surface area contributed by atoms with Gasteiger partial charge in [-0.3, -0.25) is 9.78 Å². The van der Waals surface area contributed by atoms with Gasteiger partial charge in [-0.15, -0.1) is 0 Å². The van der Waals surface area contributed by atoms with E-state index < -0.39 is 5.95 Å². The zero-order valence-electron chi connectivity index (χ0n) is 15.5. The lowest BCUT2D eigenvalue weighted by atomic mass is 10.0. The van der Waals surface area contributed by atoms with Gasteiger partial charge in [-0.1, -0.05) is 23.7 Å². The van der Waals surface area contributed by atoms with Crippen LogP contribution in [0.1, 0.15) is 15.9 Å². The van der Waals surface area contributed by atoms with Crippen LogP contribution in [0.4, 0.5) is 10.1 Å². The number of ketones is 1. The van der Waals surface area contributed by atoms with Gasteiger partial charge in [0.1, 0.15) is 0 Å². The summed E-state index contributed by atoms with van der Waals surface area (Å²) in [7, 11) is 0. The largest absolute Gasteiger partial charge is 0.325 e. The summed E-state index contributed by atoms with van der Waals surface area (Å²) in [5.74, 6) is -0.651. The molecule has 0 spiro atoms. The van der Waals surface area contributed by atoms with Crippen LogP contribution in [0.15, 0.2) is 90.2 Å². The first kappa shape index (κ1) is 20.1. The fourth-order valence-corrected chi connectivity index (χ4v) is 3.72. The van der Waals surface area contributed by atoms with Crippen LogP contribution in [0, 0.1) is 5.95 Å². The number of pyridine rings is 2. The molecule has 1 N–H and O–H groups in total. The van der Waals surface area contributed by atoms with Crippen molar-refractivity contribution in [3.05, 3.63) is 107 Å². The van der Waals surface area contributed by atoms with E-state index in [2.05, 4.69) is 14.7 Å². The standard InChI is InChI=1S/C23H15ClFN3OS/c24-17-5-8-21(20(14-17)22(29)16-9-12-26-13-10-16)28-30-18-6-3-15(4-7-18)19-2-1-11-27-23(19)25/h1-14,28H. The molecule has 0 radical (unpaired) electrons. The number of benzene rings is 2. The summed E-state index contributed by atoms with van der Waals surface area (Å²) in [6, 6.07) is 19.3. The second-order valence-electron chi connectivity index (χ2n) is 6.33. The van der Waals surface area contributed by atoms with Crippen LogP contribution in [-0.2, 0) is 0 Å². The molecule has 2 heterocycles. The molecular formula is C23H15ClFN3OS. The lowest BCUT2D eigenvalue weighted by Crippen LogP contribution is -2.05. The molecule has 0 atom stereocenters. The number of rotatable bonds is 6. The van der Waals surface area contributed by atoms with Crippen molar-refractivity contribution < 1.29 is 9.18 Å². The Balaban J connectivity index is 1.53. The van der Waals surface area contributed by atoms with Crippen molar-refractivity contribution >= 4 is 35.0 Å². The van der Waals surface area contributed by atoms with Crippen molar-refractivity contribution in [2.45, 2.75) is 4.90 Å². The molecule has 0 amide bonds. The van der Waals surface area contributed by atoms with Gasteiger partial charge in [0.25, 0.3) is 0 Å². The number of hydrogen-bond donors (Lipinski definition) is 1. The van der Waals surface area contributed by atoms with Crippen LogP contribution in [0.25, 0.3) is 11.1 Å². The molecule has 2 aromatic heterocycles. The number of anilines is 1. The average molecular weight is 436 g/mol. The summed E-state index contributed by atoms with van der Waals surface area (Å²) in [6.45, 7) is 0. The molecule has 0 aliphatic heterocycles. The van der Waals surface area contributed by atoms with Gasteiger partial charge in [-0.05, 0) is 72.1 Å². The molecule has 0 aliphatic carbocycles. The fourth-order valence-electron chi connectivity index (χ4n) is 2.87. The third-order valence-electron chi connectivity index (χ3n) is 4.37. The first-order valence-electron chi connectivity index (χ1n) is 9.00. The Bertz CT molecular complexity index is 1190. The highest BCUT2D eigenvalue weighted by molar-refractivity contribution is 8.00. The third kappa shape index (κ3) is 4.50. The lowest BCUT2D eigenvalue weighted by Gasteiger charge is -2.12. The monoisotopic (exact) mass is 435 g/mol. The Morgan fingerprint density at radius 3 is 2.47 bits per heavy atom. The number of carbonyl (C=O) groups excluding carboxylic acids is 1. The van der Waals surface area contributed by atoms with E-state index in [-0.39, 0.29) is 5.78 Å². The van der Waals surface area contributed by atoms with Gasteiger partial charge < -0.3 is 4.72 Å². The predicted molar refractivity (Wildman–Crippen MR) is 118 cm³/mol. The van der Waals surface area contributed by atoms with Gasteiger partial charge in [0.05, 0.1) is 5.69 Å². The summed E-state index contributed by atoms with van der Waals surface area (Å²) in [5.41, 5.74) is 2.84. The second-order valence-corrected chi connectivity index (χ2v) is 7.64. The van der Waals surface area contributed by atoms with Crippen molar-refractivity contribution in [2.24, 2.45) is 0 Å². The molecule has 30 heavy (non-hydrogen) atoms. The van der Waals surface area contributed by atoms with E-state index in [1.54, 1.807) is 54.9 Å². The van der Waals surface area contributed by atoms with E-state index in [9.17, 15) is 9.18 Å². The maximum Gasteiger partial charge on any atom is 0.220 e. The van der Waals surface area contributed by atoms with Gasteiger partial charge in [-0.2, -0.15) is 4.39 Å². The van der Waals surface area contributed by atoms with Crippen LogP contribution in [0.5, 0.6) is 0 Å². The van der Waals surface area contributed by atoms with Crippen LogP contribution in [-0.4, -0.2) is 15.8 Å². The highest BCUT2D eigenvalue weighted by Gasteiger charge is 2.15. The summed E-state index contributed by atoms with van der Waals surface area (Å²) in [6.07, 6.45) is 4.57. The molecule has 7 heteroatoms. The highest BCUT2D eigenvalue weighted by Crippen LogP contribution is 2.30. The second kappa shape index (κ2) is 9.07. The Labute approximate surface area is 182 Å². The van der Waals surface area contributed by atoms with Crippen LogP contribution >= 0.6 is 23.5 Å².